The predicted molar refractivity (Wildman–Crippen MR) is 157 cm³/mol. The lowest BCUT2D eigenvalue weighted by atomic mass is 9.94. The summed E-state index contributed by atoms with van der Waals surface area (Å²) < 4.78 is 2.36. The zero-order valence-electron chi connectivity index (χ0n) is 20.1. The van der Waals surface area contributed by atoms with Crippen LogP contribution in [-0.4, -0.2) is 9.55 Å². The van der Waals surface area contributed by atoms with E-state index in [4.69, 9.17) is 4.98 Å². The van der Waals surface area contributed by atoms with Gasteiger partial charge in [-0.1, -0.05) is 97.1 Å². The zero-order valence-corrected chi connectivity index (χ0v) is 20.1. The van der Waals surface area contributed by atoms with Crippen LogP contribution in [-0.2, 0) is 0 Å². The summed E-state index contributed by atoms with van der Waals surface area (Å²) >= 11 is 0. The molecule has 0 fully saturated rings. The van der Waals surface area contributed by atoms with Crippen molar-refractivity contribution in [3.8, 4) is 16.9 Å². The van der Waals surface area contributed by atoms with E-state index in [1.807, 2.05) is 6.20 Å². The molecule has 2 aromatic heterocycles. The maximum Gasteiger partial charge on any atom is 0.0709 e. The second-order valence-electron chi connectivity index (χ2n) is 9.63. The Bertz CT molecular complexity index is 2060. The largest absolute Gasteiger partial charge is 0.309 e. The first-order chi connectivity index (χ1) is 18.4. The number of rotatable bonds is 2. The molecule has 2 heteroatoms. The average molecular weight is 471 g/mol. The third-order valence-corrected chi connectivity index (χ3v) is 7.61. The van der Waals surface area contributed by atoms with Crippen LogP contribution in [0.3, 0.4) is 0 Å². The van der Waals surface area contributed by atoms with Crippen molar-refractivity contribution in [2.45, 2.75) is 0 Å². The molecule has 6 aromatic carbocycles. The highest BCUT2D eigenvalue weighted by molar-refractivity contribution is 6.25. The van der Waals surface area contributed by atoms with Crippen LogP contribution in [0, 0.1) is 0 Å². The number of benzene rings is 6. The van der Waals surface area contributed by atoms with Crippen molar-refractivity contribution in [3.63, 3.8) is 0 Å². The summed E-state index contributed by atoms with van der Waals surface area (Å²) in [5, 5.41) is 10.0. The maximum atomic E-state index is 4.97. The van der Waals surface area contributed by atoms with Crippen LogP contribution in [0.4, 0.5) is 0 Å². The van der Waals surface area contributed by atoms with Gasteiger partial charge in [-0.25, -0.2) is 0 Å². The fourth-order valence-corrected chi connectivity index (χ4v) is 5.96. The normalized spacial score (nSPS) is 11.8. The van der Waals surface area contributed by atoms with E-state index in [9.17, 15) is 0 Å². The molecule has 0 N–H and O–H groups in total. The molecule has 0 saturated carbocycles. The molecular formula is C35H22N2. The number of hydrogen-bond acceptors (Lipinski definition) is 1. The zero-order chi connectivity index (χ0) is 24.3. The van der Waals surface area contributed by atoms with Gasteiger partial charge in [-0.15, -0.1) is 0 Å². The highest BCUT2D eigenvalue weighted by Gasteiger charge is 2.13. The molecule has 2 heterocycles. The lowest BCUT2D eigenvalue weighted by Gasteiger charge is -2.13. The molecule has 0 radical (unpaired) electrons. The van der Waals surface area contributed by atoms with Crippen LogP contribution in [0.2, 0.25) is 0 Å². The minimum Gasteiger partial charge on any atom is -0.309 e. The van der Waals surface area contributed by atoms with Crippen LogP contribution in [0.5, 0.6) is 0 Å². The van der Waals surface area contributed by atoms with Gasteiger partial charge < -0.3 is 4.57 Å². The molecule has 0 bridgehead atoms. The molecule has 2 nitrogen and oxygen atoms in total. The number of fused-ring (bicyclic) bond motifs is 9. The van der Waals surface area contributed by atoms with Crippen LogP contribution >= 0.6 is 0 Å². The molecule has 0 aliphatic carbocycles. The monoisotopic (exact) mass is 470 g/mol. The molecular weight excluding hydrogens is 448 g/mol. The molecule has 8 rings (SSSR count). The molecule has 0 aliphatic heterocycles. The Morgan fingerprint density at radius 1 is 0.405 bits per heavy atom. The lowest BCUT2D eigenvalue weighted by molar-refractivity contribution is 1.18. The third kappa shape index (κ3) is 2.96. The molecule has 0 amide bonds. The van der Waals surface area contributed by atoms with Gasteiger partial charge in [0.1, 0.15) is 0 Å². The van der Waals surface area contributed by atoms with Crippen molar-refractivity contribution in [1.29, 1.82) is 0 Å². The van der Waals surface area contributed by atoms with Crippen molar-refractivity contribution in [3.05, 3.63) is 134 Å². The third-order valence-electron chi connectivity index (χ3n) is 7.61. The molecule has 0 atom stereocenters. The highest BCUT2D eigenvalue weighted by atomic mass is 15.0. The van der Waals surface area contributed by atoms with E-state index in [-0.39, 0.29) is 0 Å². The smallest absolute Gasteiger partial charge is 0.0709 e. The van der Waals surface area contributed by atoms with Gasteiger partial charge in [-0.3, -0.25) is 4.98 Å². The standard InChI is InChI=1S/C35H22N2/c1-3-14-27-25(12-1)26-13-2-4-15-28(26)32-22-36-33(21-31(27)32)23-10-9-11-24(20-23)37-34-18-7-5-16-29(34)30-17-6-8-19-35(30)37/h1-22H. The Hall–Kier alpha value is -4.95. The van der Waals surface area contributed by atoms with Gasteiger partial charge in [0.15, 0.2) is 0 Å². The van der Waals surface area contributed by atoms with E-state index in [2.05, 4.69) is 132 Å². The second kappa shape index (κ2) is 7.78. The van der Waals surface area contributed by atoms with E-state index in [0.29, 0.717) is 0 Å². The maximum absolute atomic E-state index is 4.97. The first kappa shape index (κ1) is 20.3. The molecule has 0 saturated heterocycles. The highest BCUT2D eigenvalue weighted by Crippen LogP contribution is 2.37. The fraction of sp³-hybridized carbons (Fsp3) is 0. The SMILES string of the molecule is c1cc(-c2cc3c4ccccc4c4ccccc4c3cn2)cc(-n2c3ccccc3c3ccccc32)c1. The topological polar surface area (TPSA) is 17.8 Å². The van der Waals surface area contributed by atoms with E-state index < -0.39 is 0 Å². The Labute approximate surface area is 214 Å². The van der Waals surface area contributed by atoms with Gasteiger partial charge >= 0.3 is 0 Å². The van der Waals surface area contributed by atoms with Gasteiger partial charge in [0.2, 0.25) is 0 Å². The van der Waals surface area contributed by atoms with Crippen LogP contribution < -0.4 is 0 Å². The first-order valence-electron chi connectivity index (χ1n) is 12.6. The molecule has 0 unspecified atom stereocenters. The van der Waals surface area contributed by atoms with Gasteiger partial charge in [0, 0.05) is 33.6 Å². The van der Waals surface area contributed by atoms with Crippen molar-refractivity contribution in [2.75, 3.05) is 0 Å². The van der Waals surface area contributed by atoms with Gasteiger partial charge in [0.25, 0.3) is 0 Å². The Morgan fingerprint density at radius 2 is 0.919 bits per heavy atom. The lowest BCUT2D eigenvalue weighted by Crippen LogP contribution is -1.95. The van der Waals surface area contributed by atoms with Crippen LogP contribution in [0.25, 0.3) is 71.1 Å². The number of hydrogen-bond donors (Lipinski definition) is 0. The van der Waals surface area contributed by atoms with Gasteiger partial charge in [0.05, 0.1) is 16.7 Å². The molecule has 37 heavy (non-hydrogen) atoms. The van der Waals surface area contributed by atoms with Crippen molar-refractivity contribution in [2.24, 2.45) is 0 Å². The summed E-state index contributed by atoms with van der Waals surface area (Å²) in [6.45, 7) is 0. The second-order valence-corrected chi connectivity index (χ2v) is 9.63. The minimum atomic E-state index is 0.982. The minimum absolute atomic E-state index is 0.982. The molecule has 8 aromatic rings. The van der Waals surface area contributed by atoms with E-state index in [1.165, 1.54) is 54.1 Å². The molecule has 172 valence electrons. The number of nitrogens with zero attached hydrogens (tertiary/aromatic N) is 2. The average Bonchev–Trinajstić information content (AvgIpc) is 3.32. The Balaban J connectivity index is 1.38. The number of pyridine rings is 1. The molecule has 0 spiro atoms. The summed E-state index contributed by atoms with van der Waals surface area (Å²) in [6.07, 6.45) is 2.05. The first-order valence-corrected chi connectivity index (χ1v) is 12.6. The summed E-state index contributed by atoms with van der Waals surface area (Å²) in [7, 11) is 0. The predicted octanol–water partition coefficient (Wildman–Crippen LogP) is 9.31. The fourth-order valence-electron chi connectivity index (χ4n) is 5.96. The van der Waals surface area contributed by atoms with Crippen molar-refractivity contribution < 1.29 is 0 Å². The Morgan fingerprint density at radius 3 is 1.54 bits per heavy atom. The quantitative estimate of drug-likeness (QED) is 0.230. The van der Waals surface area contributed by atoms with E-state index in [1.54, 1.807) is 0 Å². The summed E-state index contributed by atoms with van der Waals surface area (Å²) in [4.78, 5) is 4.97. The Kier molecular flexibility index (Phi) is 4.26. The molecule has 0 aliphatic rings. The summed E-state index contributed by atoms with van der Waals surface area (Å²) in [5.74, 6) is 0. The van der Waals surface area contributed by atoms with E-state index >= 15 is 0 Å². The van der Waals surface area contributed by atoms with Crippen LogP contribution in [0.15, 0.2) is 134 Å². The number of aromatic nitrogens is 2. The van der Waals surface area contributed by atoms with Crippen molar-refractivity contribution in [1.82, 2.24) is 9.55 Å². The summed E-state index contributed by atoms with van der Waals surface area (Å²) in [5.41, 5.74) is 5.66. The van der Waals surface area contributed by atoms with Crippen LogP contribution in [0.1, 0.15) is 0 Å². The number of para-hydroxylation sites is 2. The summed E-state index contributed by atoms with van der Waals surface area (Å²) in [6, 6.07) is 45.6. The van der Waals surface area contributed by atoms with E-state index in [0.717, 1.165) is 16.9 Å². The van der Waals surface area contributed by atoms with Gasteiger partial charge in [-0.05, 0) is 57.3 Å². The van der Waals surface area contributed by atoms with Gasteiger partial charge in [-0.2, -0.15) is 0 Å². The van der Waals surface area contributed by atoms with Crippen molar-refractivity contribution >= 4 is 54.1 Å².